The lowest BCUT2D eigenvalue weighted by molar-refractivity contribution is -0.125. The average Bonchev–Trinajstić information content (AvgIpc) is 2.29. The summed E-state index contributed by atoms with van der Waals surface area (Å²) in [5, 5.41) is 0. The van der Waals surface area contributed by atoms with Gasteiger partial charge in [0, 0.05) is 0 Å². The summed E-state index contributed by atoms with van der Waals surface area (Å²) in [5.74, 6) is 0.257. The second kappa shape index (κ2) is 6.26. The topological polar surface area (TPSA) is 72.5 Å². The standard InChI is InChI=1S/C14H21NO4S/c1-9(2)12-7-6-10(3)13(8-12)19-11(4)14(16)15-20(5,17)18/h6-9,11H,1-5H3,(H,15,16)/t11-/m1/s1. The third kappa shape index (κ3) is 4.85. The molecule has 0 bridgehead atoms. The van der Waals surface area contributed by atoms with Crippen LogP contribution >= 0.6 is 0 Å². The van der Waals surface area contributed by atoms with Gasteiger partial charge in [-0.2, -0.15) is 0 Å². The minimum atomic E-state index is -3.57. The Bertz CT molecular complexity index is 593. The van der Waals surface area contributed by atoms with Crippen LogP contribution < -0.4 is 9.46 Å². The molecule has 0 fully saturated rings. The quantitative estimate of drug-likeness (QED) is 0.902. The van der Waals surface area contributed by atoms with Gasteiger partial charge in [-0.15, -0.1) is 0 Å². The molecular weight excluding hydrogens is 278 g/mol. The van der Waals surface area contributed by atoms with Gasteiger partial charge in [-0.1, -0.05) is 26.0 Å². The molecule has 112 valence electrons. The first-order valence-corrected chi connectivity index (χ1v) is 8.28. The van der Waals surface area contributed by atoms with E-state index in [4.69, 9.17) is 4.74 Å². The Hall–Kier alpha value is -1.56. The van der Waals surface area contributed by atoms with E-state index < -0.39 is 22.0 Å². The summed E-state index contributed by atoms with van der Waals surface area (Å²) >= 11 is 0. The predicted octanol–water partition coefficient (Wildman–Crippen LogP) is 1.96. The molecule has 1 rings (SSSR count). The van der Waals surface area contributed by atoms with Crippen LogP contribution in [0.15, 0.2) is 18.2 Å². The third-order valence-corrected chi connectivity index (χ3v) is 3.41. The van der Waals surface area contributed by atoms with Gasteiger partial charge in [-0.3, -0.25) is 9.52 Å². The van der Waals surface area contributed by atoms with Gasteiger partial charge >= 0.3 is 0 Å². The van der Waals surface area contributed by atoms with Gasteiger partial charge in [0.1, 0.15) is 5.75 Å². The Balaban J connectivity index is 2.87. The number of hydrogen-bond acceptors (Lipinski definition) is 4. The summed E-state index contributed by atoms with van der Waals surface area (Å²) in [6, 6.07) is 5.81. The molecule has 20 heavy (non-hydrogen) atoms. The van der Waals surface area contributed by atoms with Crippen molar-refractivity contribution in [1.82, 2.24) is 4.72 Å². The summed E-state index contributed by atoms with van der Waals surface area (Å²) in [7, 11) is -3.57. The molecule has 1 N–H and O–H groups in total. The van der Waals surface area contributed by atoms with Crippen LogP contribution in [0.2, 0.25) is 0 Å². The fourth-order valence-electron chi connectivity index (χ4n) is 1.61. The fraction of sp³-hybridized carbons (Fsp3) is 0.500. The minimum Gasteiger partial charge on any atom is -0.481 e. The van der Waals surface area contributed by atoms with Crippen LogP contribution in [0, 0.1) is 6.92 Å². The van der Waals surface area contributed by atoms with Crippen molar-refractivity contribution in [3.05, 3.63) is 29.3 Å². The summed E-state index contributed by atoms with van der Waals surface area (Å²) < 4.78 is 29.5. The molecule has 1 aromatic carbocycles. The van der Waals surface area contributed by atoms with E-state index in [1.54, 1.807) is 0 Å². The number of amides is 1. The number of ether oxygens (including phenoxy) is 1. The molecule has 0 aromatic heterocycles. The van der Waals surface area contributed by atoms with Gasteiger partial charge in [-0.05, 0) is 37.0 Å². The Labute approximate surface area is 120 Å². The second-order valence-electron chi connectivity index (χ2n) is 5.18. The van der Waals surface area contributed by atoms with Crippen molar-refractivity contribution in [2.24, 2.45) is 0 Å². The molecule has 6 heteroatoms. The molecule has 0 saturated carbocycles. The number of carbonyl (C=O) groups excluding carboxylic acids is 1. The minimum absolute atomic E-state index is 0.345. The molecule has 0 aliphatic heterocycles. The van der Waals surface area contributed by atoms with Crippen molar-refractivity contribution in [2.45, 2.75) is 39.7 Å². The zero-order valence-electron chi connectivity index (χ0n) is 12.4. The highest BCUT2D eigenvalue weighted by Crippen LogP contribution is 2.25. The predicted molar refractivity (Wildman–Crippen MR) is 78.3 cm³/mol. The molecule has 0 unspecified atom stereocenters. The maximum Gasteiger partial charge on any atom is 0.274 e. The summed E-state index contributed by atoms with van der Waals surface area (Å²) in [5.41, 5.74) is 2.00. The number of aryl methyl sites for hydroxylation is 1. The Morgan fingerprint density at radius 3 is 2.35 bits per heavy atom. The van der Waals surface area contributed by atoms with Crippen LogP contribution in [0.5, 0.6) is 5.75 Å². The van der Waals surface area contributed by atoms with Gasteiger partial charge in [-0.25, -0.2) is 8.42 Å². The normalized spacial score (nSPS) is 13.1. The molecule has 1 aromatic rings. The Kier molecular flexibility index (Phi) is 5.16. The van der Waals surface area contributed by atoms with Crippen LogP contribution in [0.1, 0.15) is 37.8 Å². The average molecular weight is 299 g/mol. The lowest BCUT2D eigenvalue weighted by Crippen LogP contribution is -2.39. The number of carbonyl (C=O) groups is 1. The van der Waals surface area contributed by atoms with Gasteiger partial charge in [0.25, 0.3) is 5.91 Å². The summed E-state index contributed by atoms with van der Waals surface area (Å²) in [6.45, 7) is 7.52. The zero-order chi connectivity index (χ0) is 15.5. The summed E-state index contributed by atoms with van der Waals surface area (Å²) in [6.07, 6.45) is 0.0493. The van der Waals surface area contributed by atoms with Crippen molar-refractivity contribution in [3.8, 4) is 5.75 Å². The Morgan fingerprint density at radius 2 is 1.85 bits per heavy atom. The molecule has 0 radical (unpaired) electrons. The summed E-state index contributed by atoms with van der Waals surface area (Å²) in [4.78, 5) is 11.7. The van der Waals surface area contributed by atoms with Crippen molar-refractivity contribution in [2.75, 3.05) is 6.26 Å². The van der Waals surface area contributed by atoms with Crippen molar-refractivity contribution in [1.29, 1.82) is 0 Å². The monoisotopic (exact) mass is 299 g/mol. The first-order valence-electron chi connectivity index (χ1n) is 6.39. The number of rotatable bonds is 5. The molecule has 0 heterocycles. The van der Waals surface area contributed by atoms with E-state index in [9.17, 15) is 13.2 Å². The number of hydrogen-bond donors (Lipinski definition) is 1. The molecule has 0 aliphatic rings. The largest absolute Gasteiger partial charge is 0.481 e. The van der Waals surface area contributed by atoms with Crippen LogP contribution in [0.3, 0.4) is 0 Å². The molecular formula is C14H21NO4S. The van der Waals surface area contributed by atoms with Crippen LogP contribution in [0.25, 0.3) is 0 Å². The lowest BCUT2D eigenvalue weighted by atomic mass is 10.0. The highest BCUT2D eigenvalue weighted by molar-refractivity contribution is 7.89. The third-order valence-electron chi connectivity index (χ3n) is 2.84. The van der Waals surface area contributed by atoms with E-state index in [1.165, 1.54) is 6.92 Å². The molecule has 0 spiro atoms. The van der Waals surface area contributed by atoms with Crippen LogP contribution in [-0.4, -0.2) is 26.7 Å². The van der Waals surface area contributed by atoms with Gasteiger partial charge < -0.3 is 4.74 Å². The number of sulfonamides is 1. The maximum absolute atomic E-state index is 11.7. The lowest BCUT2D eigenvalue weighted by Gasteiger charge is -2.17. The van der Waals surface area contributed by atoms with E-state index in [0.29, 0.717) is 11.7 Å². The second-order valence-corrected chi connectivity index (χ2v) is 6.93. The zero-order valence-corrected chi connectivity index (χ0v) is 13.2. The first-order chi connectivity index (χ1) is 9.10. The number of nitrogens with one attached hydrogen (secondary N) is 1. The van der Waals surface area contributed by atoms with Gasteiger partial charge in [0.05, 0.1) is 6.26 Å². The number of benzene rings is 1. The molecule has 0 aliphatic carbocycles. The molecule has 1 atom stereocenters. The van der Waals surface area contributed by atoms with Crippen molar-refractivity contribution in [3.63, 3.8) is 0 Å². The smallest absolute Gasteiger partial charge is 0.274 e. The van der Waals surface area contributed by atoms with Crippen LogP contribution in [-0.2, 0) is 14.8 Å². The van der Waals surface area contributed by atoms with Crippen molar-refractivity contribution < 1.29 is 17.9 Å². The van der Waals surface area contributed by atoms with Gasteiger partial charge in [0.2, 0.25) is 10.0 Å². The van der Waals surface area contributed by atoms with Crippen LogP contribution in [0.4, 0.5) is 0 Å². The first kappa shape index (κ1) is 16.5. The van der Waals surface area contributed by atoms with E-state index >= 15 is 0 Å². The Morgan fingerprint density at radius 1 is 1.25 bits per heavy atom. The van der Waals surface area contributed by atoms with Crippen molar-refractivity contribution >= 4 is 15.9 Å². The highest BCUT2D eigenvalue weighted by Gasteiger charge is 2.19. The highest BCUT2D eigenvalue weighted by atomic mass is 32.2. The SMILES string of the molecule is Cc1ccc(C(C)C)cc1O[C@H](C)C(=O)NS(C)(=O)=O. The van der Waals surface area contributed by atoms with E-state index in [2.05, 4.69) is 13.8 Å². The molecule has 1 amide bonds. The molecule has 5 nitrogen and oxygen atoms in total. The molecule has 0 saturated heterocycles. The maximum atomic E-state index is 11.7. The van der Waals surface area contributed by atoms with E-state index in [-0.39, 0.29) is 0 Å². The van der Waals surface area contributed by atoms with E-state index in [1.807, 2.05) is 29.8 Å². The van der Waals surface area contributed by atoms with Gasteiger partial charge in [0.15, 0.2) is 6.10 Å². The van der Waals surface area contributed by atoms with E-state index in [0.717, 1.165) is 17.4 Å². The fourth-order valence-corrected chi connectivity index (χ4v) is 2.14.